The summed E-state index contributed by atoms with van der Waals surface area (Å²) >= 11 is 0. The summed E-state index contributed by atoms with van der Waals surface area (Å²) in [6.45, 7) is 0.717. The van der Waals surface area contributed by atoms with Crippen molar-refractivity contribution in [3.05, 3.63) is 71.6 Å². The molecule has 29 heavy (non-hydrogen) atoms. The van der Waals surface area contributed by atoms with Crippen molar-refractivity contribution in [3.63, 3.8) is 0 Å². The molecule has 0 spiro atoms. The largest absolute Gasteiger partial charge is 0.445 e. The first kappa shape index (κ1) is 19.4. The summed E-state index contributed by atoms with van der Waals surface area (Å²) < 4.78 is 50.0. The van der Waals surface area contributed by atoms with Crippen molar-refractivity contribution >= 4 is 11.7 Å². The van der Waals surface area contributed by atoms with E-state index in [0.717, 1.165) is 11.6 Å². The van der Waals surface area contributed by atoms with E-state index >= 15 is 0 Å². The molecule has 0 saturated carbocycles. The van der Waals surface area contributed by atoms with Crippen molar-refractivity contribution < 1.29 is 27.4 Å². The van der Waals surface area contributed by atoms with Gasteiger partial charge in [-0.25, -0.2) is 9.78 Å². The zero-order valence-corrected chi connectivity index (χ0v) is 15.4. The average molecular weight is 404 g/mol. The molecule has 1 aromatic heterocycles. The van der Waals surface area contributed by atoms with E-state index in [1.807, 2.05) is 30.3 Å². The molecular formula is C21H19F3N2O3. The lowest BCUT2D eigenvalue weighted by Crippen LogP contribution is -2.56. The lowest BCUT2D eigenvalue weighted by molar-refractivity contribution is -0.141. The van der Waals surface area contributed by atoms with Gasteiger partial charge in [0.05, 0.1) is 31.0 Å². The Morgan fingerprint density at radius 2 is 1.93 bits per heavy atom. The number of ether oxygens (including phenoxy) is 2. The molecule has 5 nitrogen and oxygen atoms in total. The summed E-state index contributed by atoms with van der Waals surface area (Å²) in [7, 11) is 0. The summed E-state index contributed by atoms with van der Waals surface area (Å²) in [6.07, 6.45) is -2.86. The zero-order chi connectivity index (χ0) is 20.4. The number of halogens is 3. The van der Waals surface area contributed by atoms with Crippen molar-refractivity contribution in [3.8, 4) is 0 Å². The van der Waals surface area contributed by atoms with E-state index in [1.165, 1.54) is 6.07 Å². The fourth-order valence-electron chi connectivity index (χ4n) is 3.64. The first-order valence-electron chi connectivity index (χ1n) is 9.24. The maximum Gasteiger partial charge on any atom is 0.433 e. The quantitative estimate of drug-likeness (QED) is 0.766. The zero-order valence-electron chi connectivity index (χ0n) is 15.4. The van der Waals surface area contributed by atoms with Crippen LogP contribution in [-0.2, 0) is 22.3 Å². The number of morpholine rings is 1. The van der Waals surface area contributed by atoms with Crippen molar-refractivity contribution in [2.45, 2.75) is 31.3 Å². The number of benzene rings is 1. The van der Waals surface area contributed by atoms with Gasteiger partial charge in [-0.1, -0.05) is 42.5 Å². The highest BCUT2D eigenvalue weighted by Gasteiger charge is 2.40. The molecule has 2 aromatic rings. The average Bonchev–Trinajstić information content (AvgIpc) is 2.71. The molecule has 1 amide bonds. The predicted octanol–water partition coefficient (Wildman–Crippen LogP) is 4.29. The van der Waals surface area contributed by atoms with Crippen LogP contribution in [0.25, 0.3) is 5.57 Å². The van der Waals surface area contributed by atoms with Gasteiger partial charge in [0.2, 0.25) is 0 Å². The molecular weight excluding hydrogens is 385 g/mol. The third-order valence-corrected chi connectivity index (χ3v) is 4.98. The first-order valence-corrected chi connectivity index (χ1v) is 9.24. The Morgan fingerprint density at radius 3 is 2.66 bits per heavy atom. The van der Waals surface area contributed by atoms with Gasteiger partial charge in [0.15, 0.2) is 0 Å². The van der Waals surface area contributed by atoms with E-state index in [-0.39, 0.29) is 24.9 Å². The van der Waals surface area contributed by atoms with Crippen LogP contribution in [0.15, 0.2) is 54.6 Å². The number of carbonyl (C=O) groups is 1. The Labute approximate surface area is 165 Å². The molecule has 8 heteroatoms. The third kappa shape index (κ3) is 4.27. The fourth-order valence-corrected chi connectivity index (χ4v) is 3.64. The van der Waals surface area contributed by atoms with Gasteiger partial charge in [-0.05, 0) is 29.7 Å². The summed E-state index contributed by atoms with van der Waals surface area (Å²) in [6, 6.07) is 12.5. The molecule has 0 radical (unpaired) electrons. The molecule has 2 atom stereocenters. The Bertz CT molecular complexity index is 915. The predicted molar refractivity (Wildman–Crippen MR) is 98.7 cm³/mol. The van der Waals surface area contributed by atoms with Crippen molar-refractivity contribution in [1.82, 2.24) is 9.88 Å². The van der Waals surface area contributed by atoms with Gasteiger partial charge in [0.1, 0.15) is 12.3 Å². The van der Waals surface area contributed by atoms with Gasteiger partial charge >= 0.3 is 12.3 Å². The van der Waals surface area contributed by atoms with Gasteiger partial charge in [-0.15, -0.1) is 0 Å². The Hall–Kier alpha value is -2.87. The molecule has 4 rings (SSSR count). The first-order chi connectivity index (χ1) is 13.9. The molecule has 1 fully saturated rings. The van der Waals surface area contributed by atoms with Gasteiger partial charge in [0.25, 0.3) is 0 Å². The molecule has 2 aliphatic rings. The Balaban J connectivity index is 1.52. The molecule has 1 saturated heterocycles. The number of alkyl halides is 3. The van der Waals surface area contributed by atoms with Gasteiger partial charge in [-0.3, -0.25) is 4.90 Å². The second kappa shape index (κ2) is 7.87. The molecule has 1 aromatic carbocycles. The van der Waals surface area contributed by atoms with Crippen molar-refractivity contribution in [1.29, 1.82) is 0 Å². The summed E-state index contributed by atoms with van der Waals surface area (Å²) in [5.74, 6) is 0. The Kier molecular flexibility index (Phi) is 5.27. The standard InChI is InChI=1S/C21H19F3N2O3/c22-21(23,24)19-8-4-7-18(25-19)15-9-16-12-28-13-17(10-15)26(16)20(27)29-11-14-5-2-1-3-6-14/h1-9,16-17H,10-13H2. The highest BCUT2D eigenvalue weighted by molar-refractivity contribution is 5.73. The van der Waals surface area contributed by atoms with E-state index in [0.29, 0.717) is 18.6 Å². The number of hydrogen-bond donors (Lipinski definition) is 0. The lowest BCUT2D eigenvalue weighted by Gasteiger charge is -2.43. The van der Waals surface area contributed by atoms with E-state index in [2.05, 4.69) is 4.98 Å². The van der Waals surface area contributed by atoms with Crippen LogP contribution in [0.3, 0.4) is 0 Å². The molecule has 2 aliphatic heterocycles. The van der Waals surface area contributed by atoms with E-state index in [1.54, 1.807) is 17.0 Å². The second-order valence-corrected chi connectivity index (χ2v) is 7.01. The van der Waals surface area contributed by atoms with E-state index < -0.39 is 24.0 Å². The summed E-state index contributed by atoms with van der Waals surface area (Å²) in [5.41, 5.74) is 0.904. The Morgan fingerprint density at radius 1 is 1.14 bits per heavy atom. The normalized spacial score (nSPS) is 21.5. The number of carbonyl (C=O) groups excluding carboxylic acids is 1. The molecule has 2 bridgehead atoms. The van der Waals surface area contributed by atoms with Crippen LogP contribution in [0.2, 0.25) is 0 Å². The molecule has 0 aliphatic carbocycles. The van der Waals surface area contributed by atoms with Crippen LogP contribution >= 0.6 is 0 Å². The molecule has 3 heterocycles. The van der Waals surface area contributed by atoms with Crippen LogP contribution in [0, 0.1) is 0 Å². The third-order valence-electron chi connectivity index (χ3n) is 4.98. The highest BCUT2D eigenvalue weighted by atomic mass is 19.4. The number of amides is 1. The van der Waals surface area contributed by atoms with E-state index in [4.69, 9.17) is 9.47 Å². The van der Waals surface area contributed by atoms with Gasteiger partial charge < -0.3 is 9.47 Å². The fraction of sp³-hybridized carbons (Fsp3) is 0.333. The maximum atomic E-state index is 13.0. The smallest absolute Gasteiger partial charge is 0.433 e. The number of fused-ring (bicyclic) bond motifs is 2. The SMILES string of the molecule is O=C(OCc1ccccc1)N1C2C=C(c3cccc(C(F)(F)F)n3)CC1COC2. The highest BCUT2D eigenvalue weighted by Crippen LogP contribution is 2.34. The topological polar surface area (TPSA) is 51.7 Å². The minimum absolute atomic E-state index is 0.155. The van der Waals surface area contributed by atoms with Crippen LogP contribution in [0.4, 0.5) is 18.0 Å². The molecule has 0 N–H and O–H groups in total. The number of rotatable bonds is 3. The number of pyridine rings is 1. The molecule has 152 valence electrons. The van der Waals surface area contributed by atoms with Gasteiger partial charge in [-0.2, -0.15) is 13.2 Å². The lowest BCUT2D eigenvalue weighted by atomic mass is 9.92. The monoisotopic (exact) mass is 404 g/mol. The molecule has 2 unspecified atom stereocenters. The summed E-state index contributed by atoms with van der Waals surface area (Å²) in [4.78, 5) is 18.1. The van der Waals surface area contributed by atoms with Crippen LogP contribution in [-0.4, -0.2) is 41.3 Å². The number of hydrogen-bond acceptors (Lipinski definition) is 4. The minimum atomic E-state index is -4.50. The maximum absolute atomic E-state index is 13.0. The van der Waals surface area contributed by atoms with Crippen LogP contribution in [0.5, 0.6) is 0 Å². The van der Waals surface area contributed by atoms with Gasteiger partial charge in [0, 0.05) is 0 Å². The summed E-state index contributed by atoms with van der Waals surface area (Å²) in [5, 5.41) is 0. The minimum Gasteiger partial charge on any atom is -0.445 e. The van der Waals surface area contributed by atoms with Crippen molar-refractivity contribution in [2.75, 3.05) is 13.2 Å². The number of aromatic nitrogens is 1. The van der Waals surface area contributed by atoms with Crippen LogP contribution in [0.1, 0.15) is 23.4 Å². The number of nitrogens with zero attached hydrogens (tertiary/aromatic N) is 2. The van der Waals surface area contributed by atoms with E-state index in [9.17, 15) is 18.0 Å². The second-order valence-electron chi connectivity index (χ2n) is 7.01. The van der Waals surface area contributed by atoms with Crippen LogP contribution < -0.4 is 0 Å². The van der Waals surface area contributed by atoms with Crippen molar-refractivity contribution in [2.24, 2.45) is 0 Å².